The molecule has 17 heavy (non-hydrogen) atoms. The lowest BCUT2D eigenvalue weighted by molar-refractivity contribution is -0.150. The zero-order valence-corrected chi connectivity index (χ0v) is 10.3. The van der Waals surface area contributed by atoms with Gasteiger partial charge in [0.2, 0.25) is 5.91 Å². The van der Waals surface area contributed by atoms with Gasteiger partial charge in [-0.05, 0) is 6.42 Å². The summed E-state index contributed by atoms with van der Waals surface area (Å²) < 4.78 is 5.42. The van der Waals surface area contributed by atoms with Gasteiger partial charge in [-0.3, -0.25) is 4.79 Å². The molecule has 6 nitrogen and oxygen atoms in total. The van der Waals surface area contributed by atoms with Crippen LogP contribution in [-0.4, -0.2) is 60.8 Å². The summed E-state index contributed by atoms with van der Waals surface area (Å²) >= 11 is 0. The van der Waals surface area contributed by atoms with Crippen molar-refractivity contribution < 1.29 is 19.4 Å². The molecule has 1 fully saturated rings. The minimum atomic E-state index is -0.967. The number of nitrogens with one attached hydrogen (secondary N) is 1. The molecule has 1 aliphatic heterocycles. The summed E-state index contributed by atoms with van der Waals surface area (Å²) in [6, 6.07) is -0.751. The van der Waals surface area contributed by atoms with Crippen LogP contribution in [0.3, 0.4) is 0 Å². The number of ether oxygens (including phenoxy) is 1. The number of aliphatic carboxylic acids is 1. The molecule has 0 aromatic rings. The summed E-state index contributed by atoms with van der Waals surface area (Å²) in [5, 5.41) is 12.1. The maximum absolute atomic E-state index is 11.9. The first-order valence-electron chi connectivity index (χ1n) is 5.87. The molecule has 6 heteroatoms. The molecule has 98 valence electrons. The van der Waals surface area contributed by atoms with Gasteiger partial charge in [0, 0.05) is 20.1 Å². The molecule has 1 rings (SSSR count). The number of nitrogens with zero attached hydrogens (tertiary/aromatic N) is 1. The van der Waals surface area contributed by atoms with Crippen molar-refractivity contribution in [2.75, 3.05) is 26.7 Å². The molecule has 0 aliphatic carbocycles. The van der Waals surface area contributed by atoms with E-state index in [0.29, 0.717) is 19.6 Å². The minimum absolute atomic E-state index is 0.148. The van der Waals surface area contributed by atoms with Crippen molar-refractivity contribution in [3.63, 3.8) is 0 Å². The average molecular weight is 244 g/mol. The number of likely N-dealkylation sites (N-methyl/N-ethyl adjacent to an activating group) is 1. The number of morpholine rings is 1. The van der Waals surface area contributed by atoms with E-state index in [0.717, 1.165) is 6.54 Å². The monoisotopic (exact) mass is 244 g/mol. The highest BCUT2D eigenvalue weighted by atomic mass is 16.5. The van der Waals surface area contributed by atoms with E-state index in [4.69, 9.17) is 9.84 Å². The molecule has 0 spiro atoms. The number of carboxylic acid groups (broad SMARTS) is 1. The Morgan fingerprint density at radius 2 is 2.29 bits per heavy atom. The molecule has 0 saturated carbocycles. The van der Waals surface area contributed by atoms with Crippen LogP contribution >= 0.6 is 0 Å². The van der Waals surface area contributed by atoms with Crippen LogP contribution in [0.15, 0.2) is 0 Å². The van der Waals surface area contributed by atoms with Crippen molar-refractivity contribution in [3.8, 4) is 0 Å². The SMILES string of the molecule is CCC(C(=O)O)N(C)C(=O)CC1CNCCO1. The van der Waals surface area contributed by atoms with Gasteiger partial charge in [0.25, 0.3) is 0 Å². The van der Waals surface area contributed by atoms with Gasteiger partial charge in [0.15, 0.2) is 0 Å². The van der Waals surface area contributed by atoms with Crippen molar-refractivity contribution in [3.05, 3.63) is 0 Å². The third-order valence-corrected chi connectivity index (χ3v) is 2.94. The first-order chi connectivity index (χ1) is 8.06. The van der Waals surface area contributed by atoms with Gasteiger partial charge in [-0.25, -0.2) is 4.79 Å². The Balaban J connectivity index is 2.47. The van der Waals surface area contributed by atoms with E-state index >= 15 is 0 Å². The Hall–Kier alpha value is -1.14. The van der Waals surface area contributed by atoms with Gasteiger partial charge < -0.3 is 20.1 Å². The average Bonchev–Trinajstić information content (AvgIpc) is 2.30. The van der Waals surface area contributed by atoms with Gasteiger partial charge in [-0.1, -0.05) is 6.92 Å². The molecule has 0 aromatic carbocycles. The summed E-state index contributed by atoms with van der Waals surface area (Å²) in [6.45, 7) is 3.79. The van der Waals surface area contributed by atoms with E-state index in [-0.39, 0.29) is 18.4 Å². The third kappa shape index (κ3) is 3.98. The van der Waals surface area contributed by atoms with Crippen molar-refractivity contribution in [1.29, 1.82) is 0 Å². The maximum atomic E-state index is 11.9. The largest absolute Gasteiger partial charge is 0.480 e. The fourth-order valence-corrected chi connectivity index (χ4v) is 1.88. The van der Waals surface area contributed by atoms with Crippen LogP contribution in [0.2, 0.25) is 0 Å². The molecular formula is C11H20N2O4. The highest BCUT2D eigenvalue weighted by Crippen LogP contribution is 2.08. The Kier molecular flexibility index (Phi) is 5.37. The lowest BCUT2D eigenvalue weighted by Crippen LogP contribution is -2.46. The first kappa shape index (κ1) is 13.9. The van der Waals surface area contributed by atoms with Crippen molar-refractivity contribution in [1.82, 2.24) is 10.2 Å². The highest BCUT2D eigenvalue weighted by Gasteiger charge is 2.27. The Morgan fingerprint density at radius 3 is 2.76 bits per heavy atom. The Labute approximate surface area is 101 Å². The lowest BCUT2D eigenvalue weighted by Gasteiger charge is -2.28. The smallest absolute Gasteiger partial charge is 0.326 e. The molecule has 2 atom stereocenters. The molecule has 1 amide bonds. The van der Waals surface area contributed by atoms with Crippen LogP contribution in [0.1, 0.15) is 19.8 Å². The summed E-state index contributed by atoms with van der Waals surface area (Å²) in [5.41, 5.74) is 0. The van der Waals surface area contributed by atoms with E-state index in [9.17, 15) is 9.59 Å². The number of rotatable bonds is 5. The number of amides is 1. The molecule has 1 aliphatic rings. The zero-order valence-electron chi connectivity index (χ0n) is 10.3. The van der Waals surface area contributed by atoms with Gasteiger partial charge in [0.05, 0.1) is 19.1 Å². The van der Waals surface area contributed by atoms with E-state index < -0.39 is 12.0 Å². The van der Waals surface area contributed by atoms with Gasteiger partial charge in [-0.2, -0.15) is 0 Å². The van der Waals surface area contributed by atoms with E-state index in [1.165, 1.54) is 11.9 Å². The van der Waals surface area contributed by atoms with Crippen molar-refractivity contribution in [2.24, 2.45) is 0 Å². The molecule has 2 N–H and O–H groups in total. The number of carbonyl (C=O) groups is 2. The second-order valence-corrected chi connectivity index (χ2v) is 4.17. The summed E-state index contributed by atoms with van der Waals surface area (Å²) in [5.74, 6) is -1.15. The van der Waals surface area contributed by atoms with Crippen LogP contribution in [-0.2, 0) is 14.3 Å². The minimum Gasteiger partial charge on any atom is -0.480 e. The summed E-state index contributed by atoms with van der Waals surface area (Å²) in [4.78, 5) is 24.1. The van der Waals surface area contributed by atoms with Gasteiger partial charge in [0.1, 0.15) is 6.04 Å². The van der Waals surface area contributed by atoms with Gasteiger partial charge in [-0.15, -0.1) is 0 Å². The molecular weight excluding hydrogens is 224 g/mol. The van der Waals surface area contributed by atoms with Crippen LogP contribution in [0.4, 0.5) is 0 Å². The van der Waals surface area contributed by atoms with Crippen molar-refractivity contribution >= 4 is 11.9 Å². The predicted molar refractivity (Wildman–Crippen MR) is 61.7 cm³/mol. The Morgan fingerprint density at radius 1 is 1.59 bits per heavy atom. The summed E-state index contributed by atoms with van der Waals surface area (Å²) in [6.07, 6.45) is 0.485. The van der Waals surface area contributed by atoms with E-state index in [1.807, 2.05) is 0 Å². The topological polar surface area (TPSA) is 78.9 Å². The number of hydrogen-bond acceptors (Lipinski definition) is 4. The molecule has 2 unspecified atom stereocenters. The van der Waals surface area contributed by atoms with Crippen LogP contribution in [0.5, 0.6) is 0 Å². The standard InChI is InChI=1S/C11H20N2O4/c1-3-9(11(15)16)13(2)10(14)6-8-7-12-4-5-17-8/h8-9,12H,3-7H2,1-2H3,(H,15,16). The number of carbonyl (C=O) groups excluding carboxylic acids is 1. The Bertz CT molecular complexity index is 277. The molecule has 0 bridgehead atoms. The zero-order chi connectivity index (χ0) is 12.8. The quantitative estimate of drug-likeness (QED) is 0.693. The fraction of sp³-hybridized carbons (Fsp3) is 0.818. The van der Waals surface area contributed by atoms with Crippen LogP contribution in [0, 0.1) is 0 Å². The number of carboxylic acids is 1. The molecule has 0 radical (unpaired) electrons. The third-order valence-electron chi connectivity index (χ3n) is 2.94. The van der Waals surface area contributed by atoms with E-state index in [2.05, 4.69) is 5.32 Å². The normalized spacial score (nSPS) is 21.9. The summed E-state index contributed by atoms with van der Waals surface area (Å²) in [7, 11) is 1.53. The predicted octanol–water partition coefficient (Wildman–Crippen LogP) is -0.313. The first-order valence-corrected chi connectivity index (χ1v) is 5.87. The van der Waals surface area contributed by atoms with Crippen molar-refractivity contribution in [2.45, 2.75) is 31.9 Å². The second kappa shape index (κ2) is 6.56. The number of hydrogen-bond donors (Lipinski definition) is 2. The molecule has 1 saturated heterocycles. The fourth-order valence-electron chi connectivity index (χ4n) is 1.88. The lowest BCUT2D eigenvalue weighted by atomic mass is 10.1. The van der Waals surface area contributed by atoms with Crippen LogP contribution in [0.25, 0.3) is 0 Å². The van der Waals surface area contributed by atoms with Crippen LogP contribution < -0.4 is 5.32 Å². The van der Waals surface area contributed by atoms with E-state index in [1.54, 1.807) is 6.92 Å². The second-order valence-electron chi connectivity index (χ2n) is 4.17. The molecule has 1 heterocycles. The maximum Gasteiger partial charge on any atom is 0.326 e. The highest BCUT2D eigenvalue weighted by molar-refractivity contribution is 5.83. The molecule has 0 aromatic heterocycles. The van der Waals surface area contributed by atoms with Gasteiger partial charge >= 0.3 is 5.97 Å².